The molecule has 0 bridgehead atoms. The van der Waals surface area contributed by atoms with Crippen LogP contribution in [0.2, 0.25) is 5.02 Å². The number of rotatable bonds is 4. The van der Waals surface area contributed by atoms with Crippen molar-refractivity contribution in [1.29, 1.82) is 0 Å². The first-order chi connectivity index (χ1) is 8.10. The van der Waals surface area contributed by atoms with Crippen molar-refractivity contribution < 1.29 is 4.79 Å². The molecular formula is C13H13BrClNO. The van der Waals surface area contributed by atoms with E-state index < -0.39 is 0 Å². The Morgan fingerprint density at radius 3 is 2.82 bits per heavy atom. The largest absolute Gasteiger partial charge is 0.327 e. The standard InChI is InChI=1S/C13H13BrClNO/c1-3-7-16(8-4-2)13(17)11-6-5-10(14)9-12(11)15/h1,5-6,9H,4,7-8H2,2H3. The van der Waals surface area contributed by atoms with Crippen LogP contribution < -0.4 is 0 Å². The van der Waals surface area contributed by atoms with Crippen LogP contribution in [0.1, 0.15) is 23.7 Å². The third-order valence-electron chi connectivity index (χ3n) is 2.22. The minimum Gasteiger partial charge on any atom is -0.327 e. The fourth-order valence-electron chi connectivity index (χ4n) is 1.47. The fraction of sp³-hybridized carbons (Fsp3) is 0.308. The predicted octanol–water partition coefficient (Wildman–Crippen LogP) is 3.59. The Morgan fingerprint density at radius 2 is 2.29 bits per heavy atom. The van der Waals surface area contributed by atoms with E-state index in [4.69, 9.17) is 18.0 Å². The molecule has 0 aliphatic carbocycles. The third kappa shape index (κ3) is 3.76. The van der Waals surface area contributed by atoms with E-state index in [0.29, 0.717) is 23.7 Å². The molecular weight excluding hydrogens is 302 g/mol. The van der Waals surface area contributed by atoms with Crippen molar-refractivity contribution in [1.82, 2.24) is 4.90 Å². The summed E-state index contributed by atoms with van der Waals surface area (Å²) < 4.78 is 0.845. The van der Waals surface area contributed by atoms with Crippen LogP contribution in [0.3, 0.4) is 0 Å². The van der Waals surface area contributed by atoms with Crippen molar-refractivity contribution in [3.63, 3.8) is 0 Å². The molecule has 1 amide bonds. The fourth-order valence-corrected chi connectivity index (χ4v) is 2.22. The molecule has 1 rings (SSSR count). The molecule has 90 valence electrons. The first-order valence-corrected chi connectivity index (χ1v) is 6.45. The number of nitrogens with zero attached hydrogens (tertiary/aromatic N) is 1. The Labute approximate surface area is 115 Å². The second-order valence-corrected chi connectivity index (χ2v) is 4.88. The number of benzene rings is 1. The zero-order valence-electron chi connectivity index (χ0n) is 9.54. The molecule has 17 heavy (non-hydrogen) atoms. The van der Waals surface area contributed by atoms with Gasteiger partial charge in [-0.1, -0.05) is 40.4 Å². The molecule has 0 atom stereocenters. The number of carbonyl (C=O) groups is 1. The highest BCUT2D eigenvalue weighted by atomic mass is 79.9. The van der Waals surface area contributed by atoms with Gasteiger partial charge in [0.25, 0.3) is 5.91 Å². The lowest BCUT2D eigenvalue weighted by molar-refractivity contribution is 0.0777. The third-order valence-corrected chi connectivity index (χ3v) is 3.03. The van der Waals surface area contributed by atoms with Gasteiger partial charge in [-0.2, -0.15) is 0 Å². The van der Waals surface area contributed by atoms with E-state index in [1.54, 1.807) is 23.1 Å². The van der Waals surface area contributed by atoms with Crippen LogP contribution in [0.4, 0.5) is 0 Å². The van der Waals surface area contributed by atoms with Gasteiger partial charge in [-0.3, -0.25) is 4.79 Å². The molecule has 4 heteroatoms. The van der Waals surface area contributed by atoms with Gasteiger partial charge in [0.1, 0.15) is 0 Å². The molecule has 0 aromatic heterocycles. The molecule has 0 N–H and O–H groups in total. The molecule has 1 aromatic rings. The van der Waals surface area contributed by atoms with Crippen molar-refractivity contribution in [3.05, 3.63) is 33.3 Å². The van der Waals surface area contributed by atoms with Gasteiger partial charge in [-0.05, 0) is 24.6 Å². The summed E-state index contributed by atoms with van der Waals surface area (Å²) in [5.41, 5.74) is 0.485. The van der Waals surface area contributed by atoms with Gasteiger partial charge in [0.05, 0.1) is 17.1 Å². The molecule has 0 saturated heterocycles. The SMILES string of the molecule is C#CCN(CCC)C(=O)c1ccc(Br)cc1Cl. The van der Waals surface area contributed by atoms with E-state index >= 15 is 0 Å². The lowest BCUT2D eigenvalue weighted by Gasteiger charge is -2.20. The smallest absolute Gasteiger partial charge is 0.256 e. The highest BCUT2D eigenvalue weighted by molar-refractivity contribution is 9.10. The van der Waals surface area contributed by atoms with Gasteiger partial charge in [0, 0.05) is 11.0 Å². The molecule has 0 saturated carbocycles. The maximum atomic E-state index is 12.2. The van der Waals surface area contributed by atoms with Crippen molar-refractivity contribution in [2.75, 3.05) is 13.1 Å². The Bertz CT molecular complexity index is 453. The first kappa shape index (κ1) is 14.1. The molecule has 1 aromatic carbocycles. The number of amides is 1. The maximum Gasteiger partial charge on any atom is 0.256 e. The number of hydrogen-bond acceptors (Lipinski definition) is 1. The molecule has 0 heterocycles. The van der Waals surface area contributed by atoms with Gasteiger partial charge in [0.15, 0.2) is 0 Å². The Hall–Kier alpha value is -0.980. The minimum atomic E-state index is -0.123. The summed E-state index contributed by atoms with van der Waals surface area (Å²) in [5.74, 6) is 2.36. The lowest BCUT2D eigenvalue weighted by atomic mass is 10.2. The average Bonchev–Trinajstić information content (AvgIpc) is 2.28. The van der Waals surface area contributed by atoms with Gasteiger partial charge in [-0.25, -0.2) is 0 Å². The second-order valence-electron chi connectivity index (χ2n) is 3.56. The van der Waals surface area contributed by atoms with Crippen molar-refractivity contribution in [2.45, 2.75) is 13.3 Å². The lowest BCUT2D eigenvalue weighted by Crippen LogP contribution is -2.32. The van der Waals surface area contributed by atoms with E-state index in [-0.39, 0.29) is 5.91 Å². The first-order valence-electron chi connectivity index (χ1n) is 5.28. The molecule has 0 aliphatic rings. The summed E-state index contributed by atoms with van der Waals surface area (Å²) in [6.07, 6.45) is 6.12. The average molecular weight is 315 g/mol. The van der Waals surface area contributed by atoms with Crippen LogP contribution in [-0.2, 0) is 0 Å². The van der Waals surface area contributed by atoms with E-state index in [1.165, 1.54) is 0 Å². The number of hydrogen-bond donors (Lipinski definition) is 0. The zero-order valence-corrected chi connectivity index (χ0v) is 11.9. The zero-order chi connectivity index (χ0) is 12.8. The molecule has 0 unspecified atom stereocenters. The molecule has 0 fully saturated rings. The monoisotopic (exact) mass is 313 g/mol. The maximum absolute atomic E-state index is 12.2. The van der Waals surface area contributed by atoms with Gasteiger partial charge in [-0.15, -0.1) is 6.42 Å². The summed E-state index contributed by atoms with van der Waals surface area (Å²) in [5, 5.41) is 0.433. The molecule has 0 spiro atoms. The van der Waals surface area contributed by atoms with Crippen LogP contribution in [0, 0.1) is 12.3 Å². The second kappa shape index (κ2) is 6.68. The molecule has 0 radical (unpaired) electrons. The van der Waals surface area contributed by atoms with Gasteiger partial charge in [0.2, 0.25) is 0 Å². The summed E-state index contributed by atoms with van der Waals surface area (Å²) in [4.78, 5) is 13.8. The van der Waals surface area contributed by atoms with Gasteiger partial charge < -0.3 is 4.90 Å². The molecule has 0 aliphatic heterocycles. The topological polar surface area (TPSA) is 20.3 Å². The van der Waals surface area contributed by atoms with Crippen LogP contribution in [0.5, 0.6) is 0 Å². The van der Waals surface area contributed by atoms with Crippen LogP contribution in [-0.4, -0.2) is 23.9 Å². The normalized spacial score (nSPS) is 9.76. The van der Waals surface area contributed by atoms with Gasteiger partial charge >= 0.3 is 0 Å². The predicted molar refractivity (Wildman–Crippen MR) is 74.2 cm³/mol. The van der Waals surface area contributed by atoms with Crippen LogP contribution >= 0.6 is 27.5 Å². The van der Waals surface area contributed by atoms with E-state index in [9.17, 15) is 4.79 Å². The summed E-state index contributed by atoms with van der Waals surface area (Å²) in [6, 6.07) is 5.20. The number of terminal acetylenes is 1. The summed E-state index contributed by atoms with van der Waals surface area (Å²) in [7, 11) is 0. The van der Waals surface area contributed by atoms with Crippen molar-refractivity contribution in [3.8, 4) is 12.3 Å². The highest BCUT2D eigenvalue weighted by Gasteiger charge is 2.16. The number of halogens is 2. The summed E-state index contributed by atoms with van der Waals surface area (Å²) in [6.45, 7) is 2.94. The number of carbonyl (C=O) groups excluding carboxylic acids is 1. The van der Waals surface area contributed by atoms with Crippen LogP contribution in [0.15, 0.2) is 22.7 Å². The van der Waals surface area contributed by atoms with Crippen LogP contribution in [0.25, 0.3) is 0 Å². The summed E-state index contributed by atoms with van der Waals surface area (Å²) >= 11 is 9.34. The Kier molecular flexibility index (Phi) is 5.54. The van der Waals surface area contributed by atoms with Crippen molar-refractivity contribution >= 4 is 33.4 Å². The highest BCUT2D eigenvalue weighted by Crippen LogP contribution is 2.22. The van der Waals surface area contributed by atoms with E-state index in [0.717, 1.165) is 10.9 Å². The Balaban J connectivity index is 2.97. The minimum absolute atomic E-state index is 0.123. The van der Waals surface area contributed by atoms with E-state index in [1.807, 2.05) is 6.92 Å². The Morgan fingerprint density at radius 1 is 1.59 bits per heavy atom. The quantitative estimate of drug-likeness (QED) is 0.778. The molecule has 2 nitrogen and oxygen atoms in total. The van der Waals surface area contributed by atoms with E-state index in [2.05, 4.69) is 21.9 Å². The van der Waals surface area contributed by atoms with Crippen molar-refractivity contribution in [2.24, 2.45) is 0 Å².